The van der Waals surface area contributed by atoms with Crippen LogP contribution in [0.2, 0.25) is 0 Å². The predicted molar refractivity (Wildman–Crippen MR) is 59.5 cm³/mol. The Balaban J connectivity index is 2.10. The monoisotopic (exact) mass is 256 g/mol. The molecule has 2 aliphatic rings. The number of cyclic esters (lactones) is 1. The second-order valence-electron chi connectivity index (χ2n) is 4.53. The lowest BCUT2D eigenvalue weighted by atomic mass is 10.1. The lowest BCUT2D eigenvalue weighted by Crippen LogP contribution is -2.35. The Kier molecular flexibility index (Phi) is 3.68. The lowest BCUT2D eigenvalue weighted by molar-refractivity contribution is -0.157. The van der Waals surface area contributed by atoms with Gasteiger partial charge in [-0.15, -0.1) is 0 Å². The van der Waals surface area contributed by atoms with Crippen LogP contribution in [0.25, 0.3) is 0 Å². The molecule has 0 spiro atoms. The molecule has 5 atom stereocenters. The van der Waals surface area contributed by atoms with Crippen LogP contribution in [0.3, 0.4) is 0 Å². The molecule has 0 amide bonds. The number of aliphatic hydroxyl groups excluding tert-OH is 1. The molecule has 2 aliphatic heterocycles. The highest BCUT2D eigenvalue weighted by Crippen LogP contribution is 2.27. The van der Waals surface area contributed by atoms with Gasteiger partial charge in [0.2, 0.25) is 0 Å². The highest BCUT2D eigenvalue weighted by molar-refractivity contribution is 5.78. The van der Waals surface area contributed by atoms with Crippen molar-refractivity contribution in [3.8, 4) is 0 Å². The zero-order valence-electron chi connectivity index (χ0n) is 10.2. The average molecular weight is 256 g/mol. The van der Waals surface area contributed by atoms with Crippen molar-refractivity contribution < 1.29 is 28.9 Å². The topological polar surface area (TPSA) is 85.4 Å². The van der Waals surface area contributed by atoms with Crippen molar-refractivity contribution >= 4 is 11.9 Å². The van der Waals surface area contributed by atoms with Crippen LogP contribution in [0.1, 0.15) is 20.3 Å². The highest BCUT2D eigenvalue weighted by atomic mass is 16.6. The van der Waals surface area contributed by atoms with E-state index in [0.717, 1.165) is 0 Å². The van der Waals surface area contributed by atoms with Crippen molar-refractivity contribution in [2.24, 2.45) is 0 Å². The van der Waals surface area contributed by atoms with Crippen molar-refractivity contribution in [1.29, 1.82) is 0 Å². The molecule has 0 saturated carbocycles. The minimum absolute atomic E-state index is 0.244. The van der Waals surface area contributed by atoms with Gasteiger partial charge in [0, 0.05) is 13.3 Å². The van der Waals surface area contributed by atoms with Crippen LogP contribution >= 0.6 is 0 Å². The first-order chi connectivity index (χ1) is 8.47. The average Bonchev–Trinajstić information content (AvgIpc) is 3.02. The largest absolute Gasteiger partial charge is 0.461 e. The van der Waals surface area contributed by atoms with Crippen molar-refractivity contribution in [3.63, 3.8) is 0 Å². The number of rotatable bonds is 1. The van der Waals surface area contributed by atoms with Crippen LogP contribution in [-0.2, 0) is 23.8 Å². The van der Waals surface area contributed by atoms with Gasteiger partial charge in [0.05, 0.1) is 0 Å². The molecule has 0 bridgehead atoms. The summed E-state index contributed by atoms with van der Waals surface area (Å²) >= 11 is 0. The Morgan fingerprint density at radius 3 is 2.89 bits per heavy atom. The predicted octanol–water partition coefficient (Wildman–Crippen LogP) is -0.0620. The van der Waals surface area contributed by atoms with Gasteiger partial charge in [-0.05, 0) is 6.92 Å². The summed E-state index contributed by atoms with van der Waals surface area (Å²) < 4.78 is 15.3. The summed E-state index contributed by atoms with van der Waals surface area (Å²) in [5, 5.41) is 9.90. The Morgan fingerprint density at radius 2 is 2.22 bits per heavy atom. The Labute approximate surface area is 105 Å². The summed E-state index contributed by atoms with van der Waals surface area (Å²) in [6.45, 7) is 2.95. The molecule has 2 heterocycles. The number of hydrogen-bond acceptors (Lipinski definition) is 6. The third-order valence-electron chi connectivity index (χ3n) is 2.84. The number of fused-ring (bicyclic) bond motifs is 1. The van der Waals surface area contributed by atoms with Gasteiger partial charge in [0.25, 0.3) is 0 Å². The van der Waals surface area contributed by atoms with Gasteiger partial charge in [0.1, 0.15) is 24.4 Å². The van der Waals surface area contributed by atoms with E-state index in [0.29, 0.717) is 0 Å². The second kappa shape index (κ2) is 5.07. The molecule has 1 N–H and O–H groups in total. The third-order valence-corrected chi connectivity index (χ3v) is 2.84. The van der Waals surface area contributed by atoms with E-state index in [9.17, 15) is 14.7 Å². The summed E-state index contributed by atoms with van der Waals surface area (Å²) in [6, 6.07) is 0. The fraction of sp³-hybridized carbons (Fsp3) is 0.667. The smallest absolute Gasteiger partial charge is 0.338 e. The summed E-state index contributed by atoms with van der Waals surface area (Å²) in [6.07, 6.45) is 0.292. The van der Waals surface area contributed by atoms with Crippen LogP contribution in [-0.4, -0.2) is 47.6 Å². The quantitative estimate of drug-likeness (QED) is 0.402. The fourth-order valence-electron chi connectivity index (χ4n) is 1.92. The minimum Gasteiger partial charge on any atom is -0.461 e. The maximum Gasteiger partial charge on any atom is 0.338 e. The van der Waals surface area contributed by atoms with Gasteiger partial charge in [-0.25, -0.2) is 4.79 Å². The zero-order valence-corrected chi connectivity index (χ0v) is 10.2. The number of carbonyl (C=O) groups is 2. The first-order valence-electron chi connectivity index (χ1n) is 5.87. The molecule has 6 heteroatoms. The molecule has 0 unspecified atom stereocenters. The number of ether oxygens (including phenoxy) is 3. The molecule has 1 fully saturated rings. The van der Waals surface area contributed by atoms with E-state index in [1.165, 1.54) is 13.0 Å². The molecule has 100 valence electrons. The van der Waals surface area contributed by atoms with Crippen molar-refractivity contribution in [2.75, 3.05) is 0 Å². The standard InChI is InChI=1S/C12H16O6/c1-6-5-10(17-7(2)13)8(14)3-4-9-11(18-9)12(15)16-6/h3-4,6,8-11,14H,5H2,1-2H3/t6-,8-,9-,10-,11-/m0/s1. The Bertz CT molecular complexity index is 377. The number of aliphatic hydroxyl groups is 1. The van der Waals surface area contributed by atoms with Gasteiger partial charge in [0.15, 0.2) is 6.10 Å². The van der Waals surface area contributed by atoms with Gasteiger partial charge in [-0.1, -0.05) is 12.2 Å². The molecule has 1 saturated heterocycles. The van der Waals surface area contributed by atoms with Crippen LogP contribution < -0.4 is 0 Å². The van der Waals surface area contributed by atoms with Crippen LogP contribution in [0.15, 0.2) is 12.2 Å². The normalized spacial score (nSPS) is 39.5. The van der Waals surface area contributed by atoms with Crippen molar-refractivity contribution in [3.05, 3.63) is 12.2 Å². The maximum atomic E-state index is 11.5. The molecular weight excluding hydrogens is 240 g/mol. The van der Waals surface area contributed by atoms with Gasteiger partial charge in [-0.2, -0.15) is 0 Å². The van der Waals surface area contributed by atoms with Gasteiger partial charge < -0.3 is 19.3 Å². The SMILES string of the molecule is CC(=O)O[C@H]1C[C@H](C)OC(=O)[C@H]2O[C@H]2C=C[C@@H]1O. The van der Waals surface area contributed by atoms with Crippen LogP contribution in [0, 0.1) is 0 Å². The van der Waals surface area contributed by atoms with Crippen molar-refractivity contribution in [2.45, 2.75) is 50.8 Å². The third kappa shape index (κ3) is 3.08. The van der Waals surface area contributed by atoms with Crippen molar-refractivity contribution in [1.82, 2.24) is 0 Å². The van der Waals surface area contributed by atoms with Gasteiger partial charge in [-0.3, -0.25) is 4.79 Å². The number of hydrogen-bond donors (Lipinski definition) is 1. The number of esters is 2. The summed E-state index contributed by atoms with van der Waals surface area (Å²) in [5.74, 6) is -0.904. The molecule has 0 radical (unpaired) electrons. The Hall–Kier alpha value is -1.40. The maximum absolute atomic E-state index is 11.5. The van der Waals surface area contributed by atoms with E-state index in [1.54, 1.807) is 13.0 Å². The lowest BCUT2D eigenvalue weighted by Gasteiger charge is -2.24. The van der Waals surface area contributed by atoms with E-state index in [-0.39, 0.29) is 12.5 Å². The summed E-state index contributed by atoms with van der Waals surface area (Å²) in [4.78, 5) is 22.5. The van der Waals surface area contributed by atoms with E-state index in [1.807, 2.05) is 0 Å². The fourth-order valence-corrected chi connectivity index (χ4v) is 1.92. The minimum atomic E-state index is -0.932. The summed E-state index contributed by atoms with van der Waals surface area (Å²) in [5.41, 5.74) is 0. The molecule has 2 rings (SSSR count). The molecular formula is C12H16O6. The van der Waals surface area contributed by atoms with E-state index in [2.05, 4.69) is 0 Å². The zero-order chi connectivity index (χ0) is 13.3. The molecule has 0 aromatic rings. The molecule has 0 aromatic carbocycles. The van der Waals surface area contributed by atoms with E-state index in [4.69, 9.17) is 14.2 Å². The van der Waals surface area contributed by atoms with Crippen LogP contribution in [0.5, 0.6) is 0 Å². The Morgan fingerprint density at radius 1 is 1.50 bits per heavy atom. The molecule has 6 nitrogen and oxygen atoms in total. The molecule has 0 aliphatic carbocycles. The summed E-state index contributed by atoms with van der Waals surface area (Å²) in [7, 11) is 0. The molecule has 18 heavy (non-hydrogen) atoms. The van der Waals surface area contributed by atoms with Gasteiger partial charge >= 0.3 is 11.9 Å². The van der Waals surface area contributed by atoms with E-state index >= 15 is 0 Å². The van der Waals surface area contributed by atoms with E-state index < -0.39 is 36.4 Å². The second-order valence-corrected chi connectivity index (χ2v) is 4.53. The first kappa shape index (κ1) is 13.0. The molecule has 0 aromatic heterocycles. The number of epoxide rings is 1. The highest BCUT2D eigenvalue weighted by Gasteiger charge is 2.46. The number of carbonyl (C=O) groups excluding carboxylic acids is 2. The first-order valence-corrected chi connectivity index (χ1v) is 5.87. The van der Waals surface area contributed by atoms with Crippen LogP contribution in [0.4, 0.5) is 0 Å².